The Morgan fingerprint density at radius 1 is 1.30 bits per heavy atom. The number of hydrogen-bond acceptors (Lipinski definition) is 3. The first-order valence-electron chi connectivity index (χ1n) is 6.24. The lowest BCUT2D eigenvalue weighted by molar-refractivity contribution is 0.386. The van der Waals surface area contributed by atoms with E-state index >= 15 is 0 Å². The average Bonchev–Trinajstić information content (AvgIpc) is 2.41. The first-order valence-corrected chi connectivity index (χ1v) is 7.03. The summed E-state index contributed by atoms with van der Waals surface area (Å²) in [6.07, 6.45) is 0. The molecule has 2 aromatic rings. The van der Waals surface area contributed by atoms with E-state index in [1.54, 1.807) is 6.07 Å². The van der Waals surface area contributed by atoms with Gasteiger partial charge in [-0.3, -0.25) is 0 Å². The van der Waals surface area contributed by atoms with Crippen LogP contribution in [0.5, 0.6) is 5.75 Å². The molecule has 0 spiro atoms. The molecule has 2 rings (SSSR count). The van der Waals surface area contributed by atoms with Crippen molar-refractivity contribution in [2.75, 3.05) is 12.4 Å². The van der Waals surface area contributed by atoms with E-state index < -0.39 is 0 Å². The van der Waals surface area contributed by atoms with Crippen molar-refractivity contribution in [2.45, 2.75) is 19.9 Å². The van der Waals surface area contributed by atoms with Gasteiger partial charge in [0, 0.05) is 6.04 Å². The van der Waals surface area contributed by atoms with Crippen molar-refractivity contribution >= 4 is 21.6 Å². The molecule has 106 valence electrons. The third-order valence-electron chi connectivity index (χ3n) is 3.10. The molecule has 0 saturated carbocycles. The van der Waals surface area contributed by atoms with Gasteiger partial charge < -0.3 is 10.1 Å². The number of aromatic nitrogens is 1. The van der Waals surface area contributed by atoms with Crippen molar-refractivity contribution in [3.63, 3.8) is 0 Å². The van der Waals surface area contributed by atoms with Crippen LogP contribution in [0.4, 0.5) is 10.1 Å². The third kappa shape index (κ3) is 3.28. The highest BCUT2D eigenvalue weighted by atomic mass is 79.9. The van der Waals surface area contributed by atoms with Crippen molar-refractivity contribution in [1.29, 1.82) is 0 Å². The molecule has 1 unspecified atom stereocenters. The Balaban J connectivity index is 2.19. The van der Waals surface area contributed by atoms with Gasteiger partial charge in [0.1, 0.15) is 4.60 Å². The molecule has 1 heterocycles. The molecular weight excluding hydrogens is 323 g/mol. The fourth-order valence-corrected chi connectivity index (χ4v) is 2.35. The Kier molecular flexibility index (Phi) is 4.60. The van der Waals surface area contributed by atoms with Gasteiger partial charge in [0.2, 0.25) is 0 Å². The lowest BCUT2D eigenvalue weighted by Crippen LogP contribution is -2.08. The molecule has 0 bridgehead atoms. The number of rotatable bonds is 4. The van der Waals surface area contributed by atoms with Crippen LogP contribution in [0.1, 0.15) is 24.2 Å². The first-order chi connectivity index (χ1) is 9.51. The summed E-state index contributed by atoms with van der Waals surface area (Å²) < 4.78 is 19.4. The number of pyridine rings is 1. The van der Waals surface area contributed by atoms with E-state index in [-0.39, 0.29) is 17.6 Å². The van der Waals surface area contributed by atoms with Crippen LogP contribution in [0.15, 0.2) is 34.9 Å². The van der Waals surface area contributed by atoms with Crippen molar-refractivity contribution < 1.29 is 9.13 Å². The molecule has 1 atom stereocenters. The maximum Gasteiger partial charge on any atom is 0.165 e. The summed E-state index contributed by atoms with van der Waals surface area (Å²) in [4.78, 5) is 4.33. The summed E-state index contributed by atoms with van der Waals surface area (Å²) >= 11 is 3.33. The van der Waals surface area contributed by atoms with Gasteiger partial charge in [-0.15, -0.1) is 0 Å². The van der Waals surface area contributed by atoms with Crippen molar-refractivity contribution in [3.05, 3.63) is 52.0 Å². The number of anilines is 1. The van der Waals surface area contributed by atoms with E-state index in [1.165, 1.54) is 13.2 Å². The summed E-state index contributed by atoms with van der Waals surface area (Å²) in [5.41, 5.74) is 2.67. The highest BCUT2D eigenvalue weighted by Gasteiger charge is 2.11. The molecular formula is C15H16BrFN2O. The fraction of sp³-hybridized carbons (Fsp3) is 0.267. The standard InChI is InChI=1S/C15H16BrFN2O/c1-9(11-4-6-14(20-3)12(17)8-11)18-13-5-7-15(16)19-10(13)2/h4-9,18H,1-3H3. The van der Waals surface area contributed by atoms with E-state index in [1.807, 2.05) is 32.0 Å². The Morgan fingerprint density at radius 3 is 2.65 bits per heavy atom. The number of aryl methyl sites for hydroxylation is 1. The van der Waals surface area contributed by atoms with Crippen LogP contribution in [0.25, 0.3) is 0 Å². The summed E-state index contributed by atoms with van der Waals surface area (Å²) in [6, 6.07) is 8.76. The van der Waals surface area contributed by atoms with Crippen molar-refractivity contribution in [3.8, 4) is 5.75 Å². The van der Waals surface area contributed by atoms with Gasteiger partial charge in [-0.1, -0.05) is 6.07 Å². The van der Waals surface area contributed by atoms with Crippen molar-refractivity contribution in [1.82, 2.24) is 4.98 Å². The number of ether oxygens (including phenoxy) is 1. The summed E-state index contributed by atoms with van der Waals surface area (Å²) in [6.45, 7) is 3.90. The average molecular weight is 339 g/mol. The zero-order valence-electron chi connectivity index (χ0n) is 11.6. The van der Waals surface area contributed by atoms with Crippen LogP contribution in [0.3, 0.4) is 0 Å². The summed E-state index contributed by atoms with van der Waals surface area (Å²) in [5.74, 6) is -0.105. The number of methoxy groups -OCH3 is 1. The molecule has 1 N–H and O–H groups in total. The number of hydrogen-bond donors (Lipinski definition) is 1. The van der Waals surface area contributed by atoms with E-state index in [0.29, 0.717) is 0 Å². The molecule has 0 aliphatic heterocycles. The van der Waals surface area contributed by atoms with Gasteiger partial charge in [0.15, 0.2) is 11.6 Å². The molecule has 0 aliphatic carbocycles. The maximum atomic E-state index is 13.7. The molecule has 1 aromatic heterocycles. The van der Waals surface area contributed by atoms with Crippen LogP contribution >= 0.6 is 15.9 Å². The fourth-order valence-electron chi connectivity index (χ4n) is 1.95. The van der Waals surface area contributed by atoms with Crippen LogP contribution in [0, 0.1) is 12.7 Å². The predicted molar refractivity (Wildman–Crippen MR) is 81.7 cm³/mol. The Labute approximate surface area is 126 Å². The Morgan fingerprint density at radius 2 is 2.05 bits per heavy atom. The normalized spacial score (nSPS) is 12.1. The van der Waals surface area contributed by atoms with E-state index in [2.05, 4.69) is 26.2 Å². The van der Waals surface area contributed by atoms with E-state index in [4.69, 9.17) is 4.74 Å². The third-order valence-corrected chi connectivity index (χ3v) is 3.54. The molecule has 0 aliphatic rings. The molecule has 5 heteroatoms. The second kappa shape index (κ2) is 6.22. The quantitative estimate of drug-likeness (QED) is 0.835. The van der Waals surface area contributed by atoms with Gasteiger partial charge in [-0.25, -0.2) is 9.37 Å². The lowest BCUT2D eigenvalue weighted by Gasteiger charge is -2.17. The Hall–Kier alpha value is -1.62. The van der Waals surface area contributed by atoms with Crippen molar-refractivity contribution in [2.24, 2.45) is 0 Å². The second-order valence-corrected chi connectivity index (χ2v) is 5.34. The second-order valence-electron chi connectivity index (χ2n) is 4.53. The van der Waals surface area contributed by atoms with Gasteiger partial charge in [0.05, 0.1) is 18.5 Å². The highest BCUT2D eigenvalue weighted by Crippen LogP contribution is 2.25. The minimum absolute atomic E-state index is 0.0305. The zero-order chi connectivity index (χ0) is 14.7. The zero-order valence-corrected chi connectivity index (χ0v) is 13.2. The predicted octanol–water partition coefficient (Wildman–Crippen LogP) is 4.47. The minimum atomic E-state index is -0.357. The van der Waals surface area contributed by atoms with Crippen LogP contribution in [-0.4, -0.2) is 12.1 Å². The van der Waals surface area contributed by atoms with Gasteiger partial charge in [0.25, 0.3) is 0 Å². The lowest BCUT2D eigenvalue weighted by atomic mass is 10.1. The van der Waals surface area contributed by atoms with Crippen LogP contribution in [0.2, 0.25) is 0 Å². The molecule has 0 radical (unpaired) electrons. The highest BCUT2D eigenvalue weighted by molar-refractivity contribution is 9.10. The molecule has 1 aromatic carbocycles. The number of nitrogens with zero attached hydrogens (tertiary/aromatic N) is 1. The van der Waals surface area contributed by atoms with E-state index in [9.17, 15) is 4.39 Å². The largest absolute Gasteiger partial charge is 0.494 e. The van der Waals surface area contributed by atoms with Crippen LogP contribution in [-0.2, 0) is 0 Å². The van der Waals surface area contributed by atoms with Gasteiger partial charge >= 0.3 is 0 Å². The summed E-state index contributed by atoms with van der Waals surface area (Å²) in [5, 5.41) is 3.33. The summed E-state index contributed by atoms with van der Waals surface area (Å²) in [7, 11) is 1.45. The smallest absolute Gasteiger partial charge is 0.165 e. The number of halogens is 2. The molecule has 0 amide bonds. The molecule has 0 fully saturated rings. The first kappa shape index (κ1) is 14.8. The Bertz CT molecular complexity index is 619. The molecule has 3 nitrogen and oxygen atoms in total. The number of benzene rings is 1. The molecule has 0 saturated heterocycles. The van der Waals surface area contributed by atoms with Gasteiger partial charge in [-0.2, -0.15) is 0 Å². The van der Waals surface area contributed by atoms with Crippen LogP contribution < -0.4 is 10.1 Å². The maximum absolute atomic E-state index is 13.7. The minimum Gasteiger partial charge on any atom is -0.494 e. The van der Waals surface area contributed by atoms with E-state index in [0.717, 1.165) is 21.5 Å². The SMILES string of the molecule is COc1ccc(C(C)Nc2ccc(Br)nc2C)cc1F. The molecule has 20 heavy (non-hydrogen) atoms. The number of nitrogens with one attached hydrogen (secondary N) is 1. The topological polar surface area (TPSA) is 34.1 Å². The monoisotopic (exact) mass is 338 g/mol. The van der Waals surface area contributed by atoms with Gasteiger partial charge in [-0.05, 0) is 59.6 Å².